The molecule has 0 aromatic carbocycles. The van der Waals surface area contributed by atoms with Gasteiger partial charge in [0.1, 0.15) is 6.16 Å². The molecule has 0 bridgehead atoms. The number of carbonyl (C=O) groups is 1. The van der Waals surface area contributed by atoms with Crippen molar-refractivity contribution >= 4 is 22.2 Å². The van der Waals surface area contributed by atoms with E-state index in [0.29, 0.717) is 6.16 Å². The number of carboxylic acids is 1. The molecule has 71 valence electrons. The van der Waals surface area contributed by atoms with Gasteiger partial charge in [0.05, 0.1) is 7.80 Å². The molecule has 1 radical (unpaired) electrons. The van der Waals surface area contributed by atoms with E-state index in [1.165, 1.54) is 0 Å². The van der Waals surface area contributed by atoms with Crippen molar-refractivity contribution in [2.24, 2.45) is 0 Å². The van der Waals surface area contributed by atoms with Crippen molar-refractivity contribution in [1.29, 1.82) is 0 Å². The third-order valence-electron chi connectivity index (χ3n) is 0.793. The highest BCUT2D eigenvalue weighted by Crippen LogP contribution is 2.17. The van der Waals surface area contributed by atoms with Crippen LogP contribution in [0.3, 0.4) is 0 Å². The van der Waals surface area contributed by atoms with Crippen LogP contribution in [0.2, 0.25) is 0 Å². The van der Waals surface area contributed by atoms with Gasteiger partial charge >= 0.3 is 5.97 Å². The monoisotopic (exact) mass is 211 g/mol. The lowest BCUT2D eigenvalue weighted by molar-refractivity contribution is -0.134. The molecule has 0 aromatic heterocycles. The Morgan fingerprint density at radius 2 is 1.92 bits per heavy atom. The molecule has 1 unspecified atom stereocenters. The van der Waals surface area contributed by atoms with Crippen molar-refractivity contribution in [3.05, 3.63) is 0 Å². The lowest BCUT2D eigenvalue weighted by Gasteiger charge is -1.87. The number of aliphatic carboxylic acids is 1. The first-order valence-electron chi connectivity index (χ1n) is 3.51. The van der Waals surface area contributed by atoms with Crippen molar-refractivity contribution in [2.75, 3.05) is 18.5 Å². The summed E-state index contributed by atoms with van der Waals surface area (Å²) in [5.41, 5.74) is 0. The molecule has 0 fully saturated rings. The summed E-state index contributed by atoms with van der Waals surface area (Å²) in [5.74, 6) is -0.979. The standard InChI is InChI=1S/C4H8O3P.C2H5OP/c1-2-8(7)3-4(5)6;1-2-4-3/h2-3H2,1H3,(H,5,6);2H2,1H3. The Morgan fingerprint density at radius 3 is 2.00 bits per heavy atom. The van der Waals surface area contributed by atoms with Crippen LogP contribution in [-0.2, 0) is 13.9 Å². The Labute approximate surface area is 74.4 Å². The molecular formula is C6H13O4P2. The van der Waals surface area contributed by atoms with Gasteiger partial charge in [-0.3, -0.25) is 13.9 Å². The molecular weight excluding hydrogens is 198 g/mol. The van der Waals surface area contributed by atoms with Crippen LogP contribution >= 0.6 is 16.3 Å². The van der Waals surface area contributed by atoms with Crippen molar-refractivity contribution < 1.29 is 19.0 Å². The number of hydrogen-bond donors (Lipinski definition) is 1. The SMILES string of the molecule is CCP=O.CC[P](=O)CC(=O)O. The smallest absolute Gasteiger partial charge is 0.314 e. The van der Waals surface area contributed by atoms with Crippen LogP contribution in [0, 0.1) is 0 Å². The molecule has 1 N–H and O–H groups in total. The van der Waals surface area contributed by atoms with Crippen LogP contribution in [0.4, 0.5) is 0 Å². The first-order valence-corrected chi connectivity index (χ1v) is 6.14. The normalized spacial score (nSPS) is 10.0. The molecule has 1 atom stereocenters. The first kappa shape index (κ1) is 14.2. The minimum Gasteiger partial charge on any atom is -0.481 e. The van der Waals surface area contributed by atoms with Crippen molar-refractivity contribution in [3.63, 3.8) is 0 Å². The van der Waals surface area contributed by atoms with Crippen LogP contribution in [0.1, 0.15) is 13.8 Å². The summed E-state index contributed by atoms with van der Waals surface area (Å²) in [6.07, 6.45) is 1.01. The van der Waals surface area contributed by atoms with E-state index in [1.807, 2.05) is 6.92 Å². The van der Waals surface area contributed by atoms with Crippen LogP contribution in [-0.4, -0.2) is 29.6 Å². The fourth-order valence-corrected chi connectivity index (χ4v) is 0.788. The molecule has 0 aromatic rings. The van der Waals surface area contributed by atoms with Gasteiger partial charge in [0.25, 0.3) is 0 Å². The second kappa shape index (κ2) is 10.7. The average Bonchev–Trinajstić information content (AvgIpc) is 2.04. The summed E-state index contributed by atoms with van der Waals surface area (Å²) in [4.78, 5) is 9.78. The summed E-state index contributed by atoms with van der Waals surface area (Å²) in [6, 6.07) is 0. The number of carboxylic acid groups (broad SMARTS) is 1. The molecule has 0 aliphatic rings. The number of hydrogen-bond acceptors (Lipinski definition) is 3. The Hall–Kier alpha value is -0.330. The third-order valence-corrected chi connectivity index (χ3v) is 2.38. The van der Waals surface area contributed by atoms with E-state index in [0.717, 1.165) is 6.16 Å². The van der Waals surface area contributed by atoms with Crippen molar-refractivity contribution in [2.45, 2.75) is 13.8 Å². The van der Waals surface area contributed by atoms with Crippen LogP contribution in [0.15, 0.2) is 0 Å². The lowest BCUT2D eigenvalue weighted by Crippen LogP contribution is -1.97. The molecule has 4 nitrogen and oxygen atoms in total. The molecule has 0 saturated carbocycles. The van der Waals surface area contributed by atoms with Gasteiger partial charge in [-0.25, -0.2) is 0 Å². The largest absolute Gasteiger partial charge is 0.481 e. The Balaban J connectivity index is 0. The maximum absolute atomic E-state index is 10.4. The predicted molar refractivity (Wildman–Crippen MR) is 48.8 cm³/mol. The molecule has 0 aliphatic carbocycles. The summed E-state index contributed by atoms with van der Waals surface area (Å²) >= 11 is 0. The fourth-order valence-electron chi connectivity index (χ4n) is 0.263. The Bertz CT molecular complexity index is 158. The first-order chi connectivity index (χ1) is 5.58. The highest BCUT2D eigenvalue weighted by Gasteiger charge is 2.01. The molecule has 0 heterocycles. The zero-order chi connectivity index (χ0) is 9.98. The van der Waals surface area contributed by atoms with E-state index in [9.17, 15) is 13.9 Å². The second-order valence-corrected chi connectivity index (χ2v) is 4.60. The molecule has 0 rings (SSSR count). The summed E-state index contributed by atoms with van der Waals surface area (Å²) in [6.45, 7) is 3.57. The molecule has 0 saturated heterocycles. The summed E-state index contributed by atoms with van der Waals surface area (Å²) < 4.78 is 19.7. The Kier molecular flexibility index (Phi) is 12.6. The highest BCUT2D eigenvalue weighted by atomic mass is 31.1. The van der Waals surface area contributed by atoms with E-state index in [4.69, 9.17) is 5.11 Å². The highest BCUT2D eigenvalue weighted by molar-refractivity contribution is 7.45. The molecule has 0 spiro atoms. The maximum Gasteiger partial charge on any atom is 0.314 e. The van der Waals surface area contributed by atoms with Crippen LogP contribution < -0.4 is 0 Å². The van der Waals surface area contributed by atoms with Gasteiger partial charge in [-0.15, -0.1) is 0 Å². The van der Waals surface area contributed by atoms with E-state index in [2.05, 4.69) is 0 Å². The van der Waals surface area contributed by atoms with Gasteiger partial charge in [0, 0.05) is 12.3 Å². The van der Waals surface area contributed by atoms with Crippen molar-refractivity contribution in [3.8, 4) is 0 Å². The predicted octanol–water partition coefficient (Wildman–Crippen LogP) is 2.22. The van der Waals surface area contributed by atoms with Gasteiger partial charge in [-0.05, 0) is 0 Å². The lowest BCUT2D eigenvalue weighted by atomic mass is 10.8. The van der Waals surface area contributed by atoms with Gasteiger partial charge in [0.2, 0.25) is 0 Å². The van der Waals surface area contributed by atoms with E-state index >= 15 is 0 Å². The van der Waals surface area contributed by atoms with E-state index in [-0.39, 0.29) is 14.6 Å². The van der Waals surface area contributed by atoms with Crippen LogP contribution in [0.25, 0.3) is 0 Å². The number of rotatable bonds is 4. The minimum atomic E-state index is -1.47. The quantitative estimate of drug-likeness (QED) is 0.723. The topological polar surface area (TPSA) is 71.4 Å². The molecule has 12 heavy (non-hydrogen) atoms. The molecule has 0 aliphatic heterocycles. The maximum atomic E-state index is 10.4. The zero-order valence-electron chi connectivity index (χ0n) is 7.19. The van der Waals surface area contributed by atoms with Gasteiger partial charge in [0.15, 0.2) is 8.46 Å². The van der Waals surface area contributed by atoms with Gasteiger partial charge in [-0.1, -0.05) is 13.8 Å². The average molecular weight is 211 g/mol. The van der Waals surface area contributed by atoms with E-state index < -0.39 is 13.8 Å². The van der Waals surface area contributed by atoms with Gasteiger partial charge < -0.3 is 5.11 Å². The molecule has 0 amide bonds. The molecule has 6 heteroatoms. The fraction of sp³-hybridized carbons (Fsp3) is 0.833. The Morgan fingerprint density at radius 1 is 1.50 bits per heavy atom. The van der Waals surface area contributed by atoms with Crippen molar-refractivity contribution in [1.82, 2.24) is 0 Å². The van der Waals surface area contributed by atoms with Crippen LogP contribution in [0.5, 0.6) is 0 Å². The third kappa shape index (κ3) is 16.3. The van der Waals surface area contributed by atoms with E-state index in [1.54, 1.807) is 6.92 Å². The second-order valence-electron chi connectivity index (χ2n) is 1.80. The zero-order valence-corrected chi connectivity index (χ0v) is 8.98. The minimum absolute atomic E-state index is 0.189. The van der Waals surface area contributed by atoms with Gasteiger partial charge in [-0.2, -0.15) is 0 Å². The summed E-state index contributed by atoms with van der Waals surface area (Å²) in [7, 11) is -1.22. The summed E-state index contributed by atoms with van der Waals surface area (Å²) in [5, 5.41) is 8.03.